The maximum atomic E-state index is 3.31. The lowest BCUT2D eigenvalue weighted by molar-refractivity contribution is 1.49. The summed E-state index contributed by atoms with van der Waals surface area (Å²) in [5, 5.41) is 1.87. The van der Waals surface area contributed by atoms with Crippen LogP contribution in [0.4, 0.5) is 0 Å². The van der Waals surface area contributed by atoms with Crippen LogP contribution >= 0.6 is 47.8 Å². The Morgan fingerprint density at radius 2 is 1.71 bits per heavy atom. The molecule has 0 heterocycles. The van der Waals surface area contributed by atoms with Gasteiger partial charge in [-0.1, -0.05) is 47.8 Å². The van der Waals surface area contributed by atoms with Gasteiger partial charge in [0.1, 0.15) is 0 Å². The molecule has 0 bridgehead atoms. The summed E-state index contributed by atoms with van der Waals surface area (Å²) in [5.74, 6) is 0. The summed E-state index contributed by atoms with van der Waals surface area (Å²) in [6, 6.07) is 0. The molecule has 0 saturated heterocycles. The van der Waals surface area contributed by atoms with E-state index in [2.05, 4.69) is 47.8 Å². The fourth-order valence-electron chi connectivity index (χ4n) is 0.0940. The molecule has 0 rings (SSSR count). The minimum atomic E-state index is 0.934. The molecular formula is C4H5Br3. The Hall–Kier alpha value is 1.18. The lowest BCUT2D eigenvalue weighted by atomic mass is 10.4. The first kappa shape index (κ1) is 8.18. The molecular weight excluding hydrogens is 288 g/mol. The highest BCUT2D eigenvalue weighted by Crippen LogP contribution is 2.05. The fraction of sp³-hybridized carbons (Fsp3) is 0.500. The Labute approximate surface area is 68.7 Å². The van der Waals surface area contributed by atoms with Gasteiger partial charge in [0.25, 0.3) is 0 Å². The molecule has 0 unspecified atom stereocenters. The second kappa shape index (κ2) is 5.32. The third-order valence-electron chi connectivity index (χ3n) is 0.498. The van der Waals surface area contributed by atoms with E-state index in [-0.39, 0.29) is 0 Å². The van der Waals surface area contributed by atoms with Gasteiger partial charge in [0, 0.05) is 10.7 Å². The second-order valence-corrected chi connectivity index (χ2v) is 2.61. The van der Waals surface area contributed by atoms with E-state index in [0.717, 1.165) is 10.7 Å². The lowest BCUT2D eigenvalue weighted by Crippen LogP contribution is -1.80. The van der Waals surface area contributed by atoms with Gasteiger partial charge in [-0.25, -0.2) is 0 Å². The van der Waals surface area contributed by atoms with Crippen LogP contribution in [0, 0.1) is 0 Å². The molecule has 3 heteroatoms. The minimum Gasteiger partial charge on any atom is -0.0879 e. The Balaban J connectivity index is 3.38. The van der Waals surface area contributed by atoms with Crippen LogP contribution in [-0.4, -0.2) is 10.7 Å². The molecule has 7 heavy (non-hydrogen) atoms. The Bertz CT molecular complexity index is 61.3. The highest BCUT2D eigenvalue weighted by molar-refractivity contribution is 9.11. The zero-order chi connectivity index (χ0) is 5.70. The molecule has 0 nitrogen and oxygen atoms in total. The maximum Gasteiger partial charge on any atom is 0.0258 e. The molecule has 0 spiro atoms. The quantitative estimate of drug-likeness (QED) is 0.686. The van der Waals surface area contributed by atoms with Gasteiger partial charge in [-0.3, -0.25) is 0 Å². The zero-order valence-corrected chi connectivity index (χ0v) is 8.38. The van der Waals surface area contributed by atoms with E-state index < -0.39 is 0 Å². The molecule has 0 N–H and O–H groups in total. The molecule has 0 aliphatic rings. The molecule has 0 aliphatic carbocycles. The molecule has 0 amide bonds. The molecule has 0 fully saturated rings. The minimum absolute atomic E-state index is 0.934. The standard InChI is InChI=1S/C4H5Br3/c5-1-4(2-6)3-7/h1H,2-3H2. The van der Waals surface area contributed by atoms with Gasteiger partial charge in [0.2, 0.25) is 0 Å². The van der Waals surface area contributed by atoms with Crippen LogP contribution in [0.1, 0.15) is 0 Å². The first-order valence-corrected chi connectivity index (χ1v) is 4.91. The van der Waals surface area contributed by atoms with Crippen LogP contribution in [0.3, 0.4) is 0 Å². The number of halogens is 3. The Morgan fingerprint density at radius 3 is 1.71 bits per heavy atom. The third-order valence-corrected chi connectivity index (χ3v) is 2.59. The molecule has 0 radical (unpaired) electrons. The number of allylic oxidation sites excluding steroid dienone is 1. The number of hydrogen-bond donors (Lipinski definition) is 0. The van der Waals surface area contributed by atoms with Gasteiger partial charge in [0.05, 0.1) is 0 Å². The lowest BCUT2D eigenvalue weighted by Gasteiger charge is -1.89. The Kier molecular flexibility index (Phi) is 6.22. The van der Waals surface area contributed by atoms with E-state index in [0.29, 0.717) is 0 Å². The Morgan fingerprint density at radius 1 is 1.29 bits per heavy atom. The van der Waals surface area contributed by atoms with E-state index in [1.807, 2.05) is 4.99 Å². The highest BCUT2D eigenvalue weighted by Gasteiger charge is 1.86. The zero-order valence-electron chi connectivity index (χ0n) is 3.63. The van der Waals surface area contributed by atoms with Crippen molar-refractivity contribution in [1.82, 2.24) is 0 Å². The van der Waals surface area contributed by atoms with Crippen molar-refractivity contribution in [3.05, 3.63) is 10.6 Å². The SMILES string of the molecule is BrC=C(CBr)CBr. The van der Waals surface area contributed by atoms with Crippen LogP contribution in [0.2, 0.25) is 0 Å². The van der Waals surface area contributed by atoms with Crippen molar-refractivity contribution in [2.45, 2.75) is 0 Å². The average molecular weight is 293 g/mol. The second-order valence-electron chi connectivity index (χ2n) is 1.03. The summed E-state index contributed by atoms with van der Waals surface area (Å²) >= 11 is 9.83. The van der Waals surface area contributed by atoms with Crippen LogP contribution in [0.15, 0.2) is 10.6 Å². The van der Waals surface area contributed by atoms with Crippen molar-refractivity contribution in [3.63, 3.8) is 0 Å². The summed E-state index contributed by atoms with van der Waals surface area (Å²) in [5.41, 5.74) is 1.31. The van der Waals surface area contributed by atoms with Crippen molar-refractivity contribution >= 4 is 47.8 Å². The van der Waals surface area contributed by atoms with Crippen LogP contribution in [-0.2, 0) is 0 Å². The van der Waals surface area contributed by atoms with E-state index in [9.17, 15) is 0 Å². The van der Waals surface area contributed by atoms with Crippen molar-refractivity contribution in [2.24, 2.45) is 0 Å². The summed E-state index contributed by atoms with van der Waals surface area (Å²) in [6.07, 6.45) is 0. The molecule has 0 atom stereocenters. The smallest absolute Gasteiger partial charge is 0.0258 e. The number of alkyl halides is 2. The van der Waals surface area contributed by atoms with E-state index in [4.69, 9.17) is 0 Å². The van der Waals surface area contributed by atoms with Gasteiger partial charge in [0.15, 0.2) is 0 Å². The molecule has 0 aromatic rings. The molecule has 42 valence electrons. The number of hydrogen-bond acceptors (Lipinski definition) is 0. The summed E-state index contributed by atoms with van der Waals surface area (Å²) in [6.45, 7) is 0. The van der Waals surface area contributed by atoms with E-state index in [1.54, 1.807) is 0 Å². The molecule has 0 saturated carbocycles. The van der Waals surface area contributed by atoms with E-state index in [1.165, 1.54) is 5.57 Å². The van der Waals surface area contributed by atoms with Crippen LogP contribution < -0.4 is 0 Å². The van der Waals surface area contributed by atoms with Gasteiger partial charge in [-0.15, -0.1) is 0 Å². The topological polar surface area (TPSA) is 0 Å². The fourth-order valence-corrected chi connectivity index (χ4v) is 2.54. The average Bonchev–Trinajstić information content (AvgIpc) is 1.72. The van der Waals surface area contributed by atoms with Crippen molar-refractivity contribution < 1.29 is 0 Å². The van der Waals surface area contributed by atoms with Crippen molar-refractivity contribution in [1.29, 1.82) is 0 Å². The number of rotatable bonds is 2. The molecule has 0 aromatic heterocycles. The first-order valence-electron chi connectivity index (χ1n) is 1.75. The van der Waals surface area contributed by atoms with Crippen molar-refractivity contribution in [2.75, 3.05) is 10.7 Å². The summed E-state index contributed by atoms with van der Waals surface area (Å²) in [7, 11) is 0. The maximum absolute atomic E-state index is 3.31. The summed E-state index contributed by atoms with van der Waals surface area (Å²) in [4.78, 5) is 1.91. The first-order chi connectivity index (χ1) is 3.35. The monoisotopic (exact) mass is 290 g/mol. The predicted molar refractivity (Wildman–Crippen MR) is 44.6 cm³/mol. The van der Waals surface area contributed by atoms with Gasteiger partial charge < -0.3 is 0 Å². The van der Waals surface area contributed by atoms with Gasteiger partial charge >= 0.3 is 0 Å². The predicted octanol–water partition coefficient (Wildman–Crippen LogP) is 3.06. The normalized spacial score (nSPS) is 8.43. The largest absolute Gasteiger partial charge is 0.0879 e. The van der Waals surface area contributed by atoms with Gasteiger partial charge in [-0.2, -0.15) is 0 Å². The highest BCUT2D eigenvalue weighted by atomic mass is 79.9. The van der Waals surface area contributed by atoms with Crippen molar-refractivity contribution in [3.8, 4) is 0 Å². The van der Waals surface area contributed by atoms with E-state index >= 15 is 0 Å². The van der Waals surface area contributed by atoms with Gasteiger partial charge in [-0.05, 0) is 10.6 Å². The molecule has 0 aliphatic heterocycles. The van der Waals surface area contributed by atoms with Crippen LogP contribution in [0.25, 0.3) is 0 Å². The van der Waals surface area contributed by atoms with Crippen LogP contribution in [0.5, 0.6) is 0 Å². The third kappa shape index (κ3) is 3.74. The molecule has 0 aromatic carbocycles. The summed E-state index contributed by atoms with van der Waals surface area (Å²) < 4.78 is 0.